The van der Waals surface area contributed by atoms with Gasteiger partial charge in [0, 0.05) is 10.6 Å². The van der Waals surface area contributed by atoms with Crippen LogP contribution in [0.4, 0.5) is 17.6 Å². The molecule has 17 heavy (non-hydrogen) atoms. The summed E-state index contributed by atoms with van der Waals surface area (Å²) in [7, 11) is 0. The van der Waals surface area contributed by atoms with E-state index in [0.29, 0.717) is 0 Å². The van der Waals surface area contributed by atoms with Gasteiger partial charge in [-0.3, -0.25) is 0 Å². The summed E-state index contributed by atoms with van der Waals surface area (Å²) in [6, 6.07) is 3.23. The Morgan fingerprint density at radius 1 is 1.35 bits per heavy atom. The minimum absolute atomic E-state index is 0.00570. The summed E-state index contributed by atoms with van der Waals surface area (Å²) in [6.07, 6.45) is -5.87. The van der Waals surface area contributed by atoms with Crippen LogP contribution in [-0.2, 0) is 4.74 Å². The van der Waals surface area contributed by atoms with E-state index in [9.17, 15) is 22.7 Å². The van der Waals surface area contributed by atoms with Crippen molar-refractivity contribution in [2.24, 2.45) is 0 Å². The van der Waals surface area contributed by atoms with E-state index < -0.39 is 31.3 Å². The Kier molecular flexibility index (Phi) is 4.73. The molecule has 0 amide bonds. The van der Waals surface area contributed by atoms with Gasteiger partial charge in [0.2, 0.25) is 0 Å². The van der Waals surface area contributed by atoms with E-state index in [1.165, 1.54) is 6.07 Å². The van der Waals surface area contributed by atoms with Crippen molar-refractivity contribution >= 4 is 11.6 Å². The van der Waals surface area contributed by atoms with E-state index in [0.717, 1.165) is 12.1 Å². The van der Waals surface area contributed by atoms with E-state index in [4.69, 9.17) is 11.6 Å². The highest BCUT2D eigenvalue weighted by Gasteiger charge is 2.28. The summed E-state index contributed by atoms with van der Waals surface area (Å²) in [4.78, 5) is 0. The lowest BCUT2D eigenvalue weighted by molar-refractivity contribution is -0.179. The summed E-state index contributed by atoms with van der Waals surface area (Å²) in [5, 5.41) is 9.54. The van der Waals surface area contributed by atoms with Crippen molar-refractivity contribution in [1.82, 2.24) is 0 Å². The fourth-order valence-corrected chi connectivity index (χ4v) is 1.39. The number of ether oxygens (including phenoxy) is 1. The summed E-state index contributed by atoms with van der Waals surface area (Å²) in [6.45, 7) is -2.08. The lowest BCUT2D eigenvalue weighted by atomic mass is 10.1. The van der Waals surface area contributed by atoms with E-state index in [1.54, 1.807) is 0 Å². The Labute approximate surface area is 99.8 Å². The number of halogens is 5. The van der Waals surface area contributed by atoms with Crippen molar-refractivity contribution in [3.8, 4) is 0 Å². The number of alkyl halides is 3. The van der Waals surface area contributed by atoms with Crippen molar-refractivity contribution in [3.63, 3.8) is 0 Å². The summed E-state index contributed by atoms with van der Waals surface area (Å²) in [5.41, 5.74) is -0.00570. The van der Waals surface area contributed by atoms with Gasteiger partial charge in [-0.2, -0.15) is 13.2 Å². The molecule has 2 nitrogen and oxygen atoms in total. The molecule has 1 atom stereocenters. The molecule has 96 valence electrons. The van der Waals surface area contributed by atoms with Gasteiger partial charge in [0.1, 0.15) is 18.5 Å². The quantitative estimate of drug-likeness (QED) is 0.854. The highest BCUT2D eigenvalue weighted by Crippen LogP contribution is 2.24. The van der Waals surface area contributed by atoms with Crippen molar-refractivity contribution in [1.29, 1.82) is 0 Å². The Hall–Kier alpha value is -0.850. The first-order valence-electron chi connectivity index (χ1n) is 4.57. The summed E-state index contributed by atoms with van der Waals surface area (Å²) in [5.74, 6) is -0.640. The largest absolute Gasteiger partial charge is 0.411 e. The number of benzene rings is 1. The topological polar surface area (TPSA) is 29.5 Å². The molecule has 0 spiro atoms. The van der Waals surface area contributed by atoms with Gasteiger partial charge in [-0.25, -0.2) is 4.39 Å². The molecule has 1 aromatic carbocycles. The molecule has 1 rings (SSSR count). The zero-order valence-corrected chi connectivity index (χ0v) is 9.22. The second kappa shape index (κ2) is 5.66. The average Bonchev–Trinajstić information content (AvgIpc) is 2.19. The molecule has 0 heterocycles. The van der Waals surface area contributed by atoms with Crippen LogP contribution >= 0.6 is 11.6 Å². The number of hydrogen-bond donors (Lipinski definition) is 1. The first kappa shape index (κ1) is 14.2. The molecule has 0 aliphatic rings. The average molecular weight is 273 g/mol. The first-order valence-corrected chi connectivity index (χ1v) is 4.95. The minimum atomic E-state index is -4.47. The lowest BCUT2D eigenvalue weighted by Crippen LogP contribution is -2.19. The van der Waals surface area contributed by atoms with Gasteiger partial charge in [-0.1, -0.05) is 11.6 Å². The molecule has 0 saturated heterocycles. The van der Waals surface area contributed by atoms with E-state index in [2.05, 4.69) is 4.74 Å². The van der Waals surface area contributed by atoms with Gasteiger partial charge >= 0.3 is 6.18 Å². The SMILES string of the molecule is OC(COCC(F)(F)F)c1cc(F)ccc1Cl. The van der Waals surface area contributed by atoms with Crippen LogP contribution in [0.15, 0.2) is 18.2 Å². The molecule has 0 aliphatic heterocycles. The van der Waals surface area contributed by atoms with E-state index in [1.807, 2.05) is 0 Å². The van der Waals surface area contributed by atoms with Crippen LogP contribution in [0.2, 0.25) is 5.02 Å². The maximum Gasteiger partial charge on any atom is 0.411 e. The Morgan fingerprint density at radius 3 is 2.59 bits per heavy atom. The second-order valence-corrected chi connectivity index (χ2v) is 3.72. The zero-order chi connectivity index (χ0) is 13.1. The number of aliphatic hydroxyl groups is 1. The van der Waals surface area contributed by atoms with Crippen molar-refractivity contribution in [2.75, 3.05) is 13.2 Å². The monoisotopic (exact) mass is 272 g/mol. The van der Waals surface area contributed by atoms with Gasteiger partial charge in [-0.15, -0.1) is 0 Å². The molecular formula is C10H9ClF4O2. The van der Waals surface area contributed by atoms with Crippen LogP contribution in [0.1, 0.15) is 11.7 Å². The molecule has 0 fully saturated rings. The maximum atomic E-state index is 12.8. The Morgan fingerprint density at radius 2 is 2.00 bits per heavy atom. The predicted octanol–water partition coefficient (Wildman–Crippen LogP) is 3.09. The molecule has 0 bridgehead atoms. The molecule has 1 N–H and O–H groups in total. The highest BCUT2D eigenvalue weighted by molar-refractivity contribution is 6.31. The first-order chi connectivity index (χ1) is 7.79. The van der Waals surface area contributed by atoms with Gasteiger partial charge in [0.25, 0.3) is 0 Å². The summed E-state index contributed by atoms with van der Waals surface area (Å²) < 4.78 is 52.4. The van der Waals surface area contributed by atoms with Crippen molar-refractivity contribution in [3.05, 3.63) is 34.6 Å². The zero-order valence-electron chi connectivity index (χ0n) is 8.47. The third-order valence-corrected chi connectivity index (χ3v) is 2.20. The van der Waals surface area contributed by atoms with Crippen LogP contribution < -0.4 is 0 Å². The normalized spacial score (nSPS) is 13.8. The standard InChI is InChI=1S/C10H9ClF4O2/c11-8-2-1-6(12)3-7(8)9(16)4-17-5-10(13,14)15/h1-3,9,16H,4-5H2. The molecule has 0 aromatic heterocycles. The minimum Gasteiger partial charge on any atom is -0.386 e. The molecular weight excluding hydrogens is 264 g/mol. The Balaban J connectivity index is 2.58. The molecule has 1 unspecified atom stereocenters. The summed E-state index contributed by atoms with van der Waals surface area (Å²) >= 11 is 5.66. The van der Waals surface area contributed by atoms with Gasteiger partial charge in [0.05, 0.1) is 6.61 Å². The molecule has 0 radical (unpaired) electrons. The third-order valence-electron chi connectivity index (χ3n) is 1.86. The molecule has 1 aromatic rings. The second-order valence-electron chi connectivity index (χ2n) is 3.31. The smallest absolute Gasteiger partial charge is 0.386 e. The predicted molar refractivity (Wildman–Crippen MR) is 53.2 cm³/mol. The van der Waals surface area contributed by atoms with E-state index >= 15 is 0 Å². The maximum absolute atomic E-state index is 12.8. The number of rotatable bonds is 4. The van der Waals surface area contributed by atoms with Crippen molar-refractivity contribution in [2.45, 2.75) is 12.3 Å². The van der Waals surface area contributed by atoms with Crippen LogP contribution in [0.25, 0.3) is 0 Å². The van der Waals surface area contributed by atoms with Crippen LogP contribution in [0.3, 0.4) is 0 Å². The number of hydrogen-bond acceptors (Lipinski definition) is 2. The van der Waals surface area contributed by atoms with E-state index in [-0.39, 0.29) is 10.6 Å². The Bertz CT molecular complexity index is 381. The number of aliphatic hydroxyl groups excluding tert-OH is 1. The molecule has 0 saturated carbocycles. The molecule has 7 heteroatoms. The van der Waals surface area contributed by atoms with Gasteiger partial charge in [-0.05, 0) is 18.2 Å². The highest BCUT2D eigenvalue weighted by atomic mass is 35.5. The molecule has 0 aliphatic carbocycles. The van der Waals surface area contributed by atoms with Crippen LogP contribution in [-0.4, -0.2) is 24.5 Å². The fraction of sp³-hybridized carbons (Fsp3) is 0.400. The fourth-order valence-electron chi connectivity index (χ4n) is 1.15. The van der Waals surface area contributed by atoms with Gasteiger partial charge in [0.15, 0.2) is 0 Å². The lowest BCUT2D eigenvalue weighted by Gasteiger charge is -2.14. The van der Waals surface area contributed by atoms with Gasteiger partial charge < -0.3 is 9.84 Å². The third kappa shape index (κ3) is 4.89. The van der Waals surface area contributed by atoms with Crippen molar-refractivity contribution < 1.29 is 27.4 Å². The van der Waals surface area contributed by atoms with Crippen LogP contribution in [0.5, 0.6) is 0 Å². The van der Waals surface area contributed by atoms with Crippen LogP contribution in [0, 0.1) is 5.82 Å².